The van der Waals surface area contributed by atoms with Crippen LogP contribution < -0.4 is 10.6 Å². The van der Waals surface area contributed by atoms with Gasteiger partial charge in [0.25, 0.3) is 0 Å². The molecule has 4 nitrogen and oxygen atoms in total. The summed E-state index contributed by atoms with van der Waals surface area (Å²) < 4.78 is 4.81. The Morgan fingerprint density at radius 1 is 1.20 bits per heavy atom. The van der Waals surface area contributed by atoms with E-state index in [1.807, 2.05) is 24.3 Å². The number of nitrogens with one attached hydrogen (secondary N) is 2. The molecule has 0 heterocycles. The number of ether oxygens (including phenoxy) is 1. The lowest BCUT2D eigenvalue weighted by Gasteiger charge is -2.19. The van der Waals surface area contributed by atoms with Gasteiger partial charge in [-0.05, 0) is 31.0 Å². The van der Waals surface area contributed by atoms with E-state index in [0.717, 1.165) is 24.2 Å². The number of amides is 1. The first-order chi connectivity index (χ1) is 9.69. The van der Waals surface area contributed by atoms with Gasteiger partial charge in [0.15, 0.2) is 0 Å². The number of anilines is 2. The molecule has 0 aliphatic heterocycles. The molecule has 0 saturated heterocycles. The quantitative estimate of drug-likeness (QED) is 0.725. The Hall–Kier alpha value is -1.55. The van der Waals surface area contributed by atoms with Crippen LogP contribution in [0, 0.1) is 0 Å². The number of hydrogen-bond acceptors (Lipinski definition) is 3. The van der Waals surface area contributed by atoms with E-state index in [2.05, 4.69) is 24.5 Å². The Balaban J connectivity index is 2.64. The minimum atomic E-state index is -0.136. The maximum Gasteiger partial charge on any atom is 0.250 e. The molecule has 112 valence electrons. The Morgan fingerprint density at radius 2 is 1.85 bits per heavy atom. The van der Waals surface area contributed by atoms with E-state index in [-0.39, 0.29) is 12.5 Å². The highest BCUT2D eigenvalue weighted by Gasteiger charge is 2.07. The van der Waals surface area contributed by atoms with Crippen LogP contribution in [0.25, 0.3) is 0 Å². The number of methoxy groups -OCH3 is 1. The molecule has 0 saturated carbocycles. The Labute approximate surface area is 121 Å². The fourth-order valence-corrected chi connectivity index (χ4v) is 2.24. The zero-order chi connectivity index (χ0) is 14.8. The monoisotopic (exact) mass is 278 g/mol. The Morgan fingerprint density at radius 3 is 2.45 bits per heavy atom. The molecule has 4 heteroatoms. The topological polar surface area (TPSA) is 50.4 Å². The molecule has 0 radical (unpaired) electrons. The van der Waals surface area contributed by atoms with Gasteiger partial charge in [-0.1, -0.05) is 32.8 Å². The molecule has 0 aliphatic rings. The second kappa shape index (κ2) is 9.37. The molecule has 0 spiro atoms. The number of carbonyl (C=O) groups excluding carboxylic acids is 1. The molecule has 0 unspecified atom stereocenters. The first-order valence-corrected chi connectivity index (χ1v) is 7.35. The summed E-state index contributed by atoms with van der Waals surface area (Å²) in [5, 5.41) is 6.36. The highest BCUT2D eigenvalue weighted by atomic mass is 16.5. The third-order valence-electron chi connectivity index (χ3n) is 3.07. The van der Waals surface area contributed by atoms with Crippen molar-refractivity contribution in [3.8, 4) is 0 Å². The average molecular weight is 278 g/mol. The largest absolute Gasteiger partial charge is 0.382 e. The molecule has 20 heavy (non-hydrogen) atoms. The van der Waals surface area contributed by atoms with Crippen molar-refractivity contribution in [3.63, 3.8) is 0 Å². The van der Waals surface area contributed by atoms with Gasteiger partial charge in [0.05, 0.1) is 0 Å². The van der Waals surface area contributed by atoms with Crippen molar-refractivity contribution < 1.29 is 9.53 Å². The lowest BCUT2D eigenvalue weighted by atomic mass is 10.1. The molecule has 2 N–H and O–H groups in total. The van der Waals surface area contributed by atoms with Crippen LogP contribution in [0.15, 0.2) is 24.3 Å². The molecule has 0 atom stereocenters. The van der Waals surface area contributed by atoms with Gasteiger partial charge < -0.3 is 15.4 Å². The summed E-state index contributed by atoms with van der Waals surface area (Å²) >= 11 is 0. The van der Waals surface area contributed by atoms with Crippen molar-refractivity contribution in [3.05, 3.63) is 24.3 Å². The van der Waals surface area contributed by atoms with Gasteiger partial charge >= 0.3 is 0 Å². The van der Waals surface area contributed by atoms with Gasteiger partial charge in [-0.25, -0.2) is 0 Å². The minimum absolute atomic E-state index is 0.0753. The predicted molar refractivity (Wildman–Crippen MR) is 84.2 cm³/mol. The van der Waals surface area contributed by atoms with Crippen molar-refractivity contribution in [1.29, 1.82) is 0 Å². The zero-order valence-corrected chi connectivity index (χ0v) is 12.7. The highest BCUT2D eigenvalue weighted by Crippen LogP contribution is 2.18. The van der Waals surface area contributed by atoms with E-state index in [4.69, 9.17) is 4.74 Å². The van der Waals surface area contributed by atoms with Crippen LogP contribution >= 0.6 is 0 Å². The van der Waals surface area contributed by atoms with E-state index in [1.165, 1.54) is 20.0 Å². The first-order valence-electron chi connectivity index (χ1n) is 7.35. The molecule has 1 rings (SSSR count). The van der Waals surface area contributed by atoms with Gasteiger partial charge in [0, 0.05) is 24.5 Å². The van der Waals surface area contributed by atoms with E-state index in [9.17, 15) is 4.79 Å². The summed E-state index contributed by atoms with van der Waals surface area (Å²) in [7, 11) is 1.51. The lowest BCUT2D eigenvalue weighted by Crippen LogP contribution is -2.19. The zero-order valence-electron chi connectivity index (χ0n) is 12.7. The molecule has 0 aromatic heterocycles. The molecule has 1 amide bonds. The third-order valence-corrected chi connectivity index (χ3v) is 3.07. The van der Waals surface area contributed by atoms with Gasteiger partial charge in [-0.15, -0.1) is 0 Å². The van der Waals surface area contributed by atoms with Gasteiger partial charge in [0.1, 0.15) is 6.61 Å². The number of hydrogen-bond donors (Lipinski definition) is 2. The maximum absolute atomic E-state index is 11.5. The molecule has 0 bridgehead atoms. The molecule has 1 aromatic rings. The van der Waals surface area contributed by atoms with E-state index >= 15 is 0 Å². The normalized spacial score (nSPS) is 10.6. The van der Waals surface area contributed by atoms with Gasteiger partial charge in [0.2, 0.25) is 5.91 Å². The molecule has 0 aliphatic carbocycles. The van der Waals surface area contributed by atoms with Crippen LogP contribution in [0.5, 0.6) is 0 Å². The van der Waals surface area contributed by atoms with E-state index in [0.29, 0.717) is 6.04 Å². The first kappa shape index (κ1) is 16.5. The molecular weight excluding hydrogens is 252 g/mol. The lowest BCUT2D eigenvalue weighted by molar-refractivity contribution is -0.119. The number of rotatable bonds is 9. The smallest absolute Gasteiger partial charge is 0.250 e. The SMILES string of the molecule is CCCC(CCC)Nc1cccc(NC(=O)COC)c1. The summed E-state index contributed by atoms with van der Waals surface area (Å²) in [5.41, 5.74) is 1.84. The summed E-state index contributed by atoms with van der Waals surface area (Å²) in [5.74, 6) is -0.136. The number of carbonyl (C=O) groups is 1. The van der Waals surface area contributed by atoms with Crippen LogP contribution in [0.3, 0.4) is 0 Å². The Kier molecular flexibility index (Phi) is 7.73. The fourth-order valence-electron chi connectivity index (χ4n) is 2.24. The minimum Gasteiger partial charge on any atom is -0.382 e. The molecule has 0 fully saturated rings. The summed E-state index contributed by atoms with van der Waals surface area (Å²) in [6.45, 7) is 4.48. The third kappa shape index (κ3) is 6.06. The van der Waals surface area contributed by atoms with Crippen LogP contribution in [-0.4, -0.2) is 25.7 Å². The maximum atomic E-state index is 11.5. The Bertz CT molecular complexity index is 401. The van der Waals surface area contributed by atoms with Crippen molar-refractivity contribution in [2.24, 2.45) is 0 Å². The van der Waals surface area contributed by atoms with Crippen LogP contribution in [0.2, 0.25) is 0 Å². The number of benzene rings is 1. The summed E-state index contributed by atoms with van der Waals surface area (Å²) in [6.07, 6.45) is 4.66. The summed E-state index contributed by atoms with van der Waals surface area (Å²) in [6, 6.07) is 8.32. The second-order valence-corrected chi connectivity index (χ2v) is 4.98. The standard InChI is InChI=1S/C16H26N2O2/c1-4-7-13(8-5-2)17-14-9-6-10-15(11-14)18-16(19)12-20-3/h6,9-11,13,17H,4-5,7-8,12H2,1-3H3,(H,18,19). The molecule has 1 aromatic carbocycles. The van der Waals surface area contributed by atoms with Crippen molar-refractivity contribution in [1.82, 2.24) is 0 Å². The van der Waals surface area contributed by atoms with Crippen molar-refractivity contribution in [2.75, 3.05) is 24.4 Å². The van der Waals surface area contributed by atoms with Crippen LogP contribution in [-0.2, 0) is 9.53 Å². The highest BCUT2D eigenvalue weighted by molar-refractivity contribution is 5.92. The van der Waals surface area contributed by atoms with Gasteiger partial charge in [-0.3, -0.25) is 4.79 Å². The van der Waals surface area contributed by atoms with Crippen molar-refractivity contribution >= 4 is 17.3 Å². The van der Waals surface area contributed by atoms with E-state index in [1.54, 1.807) is 0 Å². The molecular formula is C16H26N2O2. The van der Waals surface area contributed by atoms with Crippen LogP contribution in [0.1, 0.15) is 39.5 Å². The summed E-state index contributed by atoms with van der Waals surface area (Å²) in [4.78, 5) is 11.5. The van der Waals surface area contributed by atoms with E-state index < -0.39 is 0 Å². The van der Waals surface area contributed by atoms with Crippen molar-refractivity contribution in [2.45, 2.75) is 45.6 Å². The predicted octanol–water partition coefficient (Wildman–Crippen LogP) is 3.65. The fraction of sp³-hybridized carbons (Fsp3) is 0.562. The average Bonchev–Trinajstić information content (AvgIpc) is 2.40. The second-order valence-electron chi connectivity index (χ2n) is 4.98. The van der Waals surface area contributed by atoms with Crippen LogP contribution in [0.4, 0.5) is 11.4 Å². The van der Waals surface area contributed by atoms with Gasteiger partial charge in [-0.2, -0.15) is 0 Å².